The molecule has 0 bridgehead atoms. The summed E-state index contributed by atoms with van der Waals surface area (Å²) in [5, 5.41) is 11.6. The van der Waals surface area contributed by atoms with Crippen LogP contribution in [-0.4, -0.2) is 22.9 Å². The molecular formula is C21H17FN4O4S. The highest BCUT2D eigenvalue weighted by Crippen LogP contribution is 2.27. The standard InChI is InChI=1S/C21H17FN4O4S/c1-12(19(24)27)29-16-6-5-14(17(22)8-16)10-25-20(28)18-21(26-11-31-18)30-15-4-2-3-13(7-15)9-23/h2-8,11-12H,10H2,1H3,(H2,24,27)(H,25,28). The summed E-state index contributed by atoms with van der Waals surface area (Å²) in [5.41, 5.74) is 7.20. The molecule has 0 saturated heterocycles. The number of hydrogen-bond donors (Lipinski definition) is 2. The highest BCUT2D eigenvalue weighted by Gasteiger charge is 2.18. The molecule has 1 heterocycles. The van der Waals surface area contributed by atoms with Crippen molar-refractivity contribution in [2.45, 2.75) is 19.6 Å². The molecule has 158 valence electrons. The maximum Gasteiger partial charge on any atom is 0.267 e. The smallest absolute Gasteiger partial charge is 0.267 e. The van der Waals surface area contributed by atoms with Crippen LogP contribution in [0.2, 0.25) is 0 Å². The molecule has 3 aromatic rings. The molecular weight excluding hydrogens is 423 g/mol. The van der Waals surface area contributed by atoms with Crippen LogP contribution < -0.4 is 20.5 Å². The molecule has 3 rings (SSSR count). The van der Waals surface area contributed by atoms with Gasteiger partial charge in [-0.05, 0) is 31.2 Å². The van der Waals surface area contributed by atoms with E-state index in [1.807, 2.05) is 6.07 Å². The van der Waals surface area contributed by atoms with E-state index in [2.05, 4.69) is 10.3 Å². The van der Waals surface area contributed by atoms with Crippen molar-refractivity contribution in [3.63, 3.8) is 0 Å². The molecule has 0 fully saturated rings. The molecule has 31 heavy (non-hydrogen) atoms. The molecule has 2 amide bonds. The Morgan fingerprint density at radius 3 is 2.81 bits per heavy atom. The van der Waals surface area contributed by atoms with Crippen molar-refractivity contribution in [2.24, 2.45) is 5.73 Å². The van der Waals surface area contributed by atoms with Crippen LogP contribution in [0.15, 0.2) is 48.0 Å². The van der Waals surface area contributed by atoms with Gasteiger partial charge in [-0.1, -0.05) is 12.1 Å². The van der Waals surface area contributed by atoms with Crippen LogP contribution in [0.5, 0.6) is 17.4 Å². The average molecular weight is 440 g/mol. The summed E-state index contributed by atoms with van der Waals surface area (Å²) in [4.78, 5) is 27.8. The molecule has 0 saturated carbocycles. The largest absolute Gasteiger partial charge is 0.481 e. The number of carbonyl (C=O) groups excluding carboxylic acids is 2. The summed E-state index contributed by atoms with van der Waals surface area (Å²) < 4.78 is 25.2. The van der Waals surface area contributed by atoms with Crippen LogP contribution in [0.25, 0.3) is 0 Å². The van der Waals surface area contributed by atoms with Gasteiger partial charge in [0.2, 0.25) is 5.88 Å². The first-order valence-corrected chi connectivity index (χ1v) is 9.89. The van der Waals surface area contributed by atoms with Gasteiger partial charge in [-0.15, -0.1) is 11.3 Å². The second kappa shape index (κ2) is 9.69. The van der Waals surface area contributed by atoms with Crippen LogP contribution in [0, 0.1) is 17.1 Å². The number of benzene rings is 2. The Kier molecular flexibility index (Phi) is 6.79. The van der Waals surface area contributed by atoms with Crippen molar-refractivity contribution < 1.29 is 23.5 Å². The number of nitrogens with two attached hydrogens (primary N) is 1. The lowest BCUT2D eigenvalue weighted by molar-refractivity contribution is -0.123. The number of aromatic nitrogens is 1. The van der Waals surface area contributed by atoms with Gasteiger partial charge >= 0.3 is 0 Å². The van der Waals surface area contributed by atoms with Crippen molar-refractivity contribution in [3.8, 4) is 23.4 Å². The van der Waals surface area contributed by atoms with E-state index in [1.165, 1.54) is 30.6 Å². The SMILES string of the molecule is CC(Oc1ccc(CNC(=O)c2scnc2Oc2cccc(C#N)c2)c(F)c1)C(N)=O. The molecule has 1 unspecified atom stereocenters. The third kappa shape index (κ3) is 5.55. The molecule has 1 aromatic heterocycles. The predicted molar refractivity (Wildman–Crippen MR) is 110 cm³/mol. The quantitative estimate of drug-likeness (QED) is 0.554. The van der Waals surface area contributed by atoms with Crippen molar-refractivity contribution in [1.29, 1.82) is 5.26 Å². The Labute approximate surface area is 181 Å². The maximum atomic E-state index is 14.3. The highest BCUT2D eigenvalue weighted by molar-refractivity contribution is 7.12. The summed E-state index contributed by atoms with van der Waals surface area (Å²) in [6, 6.07) is 12.5. The van der Waals surface area contributed by atoms with Crippen LogP contribution in [0.4, 0.5) is 4.39 Å². The summed E-state index contributed by atoms with van der Waals surface area (Å²) in [6.45, 7) is 1.37. The van der Waals surface area contributed by atoms with E-state index in [-0.39, 0.29) is 28.6 Å². The molecule has 1 atom stereocenters. The van der Waals surface area contributed by atoms with Gasteiger partial charge in [0, 0.05) is 18.2 Å². The zero-order chi connectivity index (χ0) is 22.4. The first kappa shape index (κ1) is 21.7. The molecule has 0 spiro atoms. The van der Waals surface area contributed by atoms with Crippen molar-refractivity contribution in [2.75, 3.05) is 0 Å². The van der Waals surface area contributed by atoms with E-state index >= 15 is 0 Å². The Bertz CT molecular complexity index is 1160. The Morgan fingerprint density at radius 2 is 2.10 bits per heavy atom. The zero-order valence-electron chi connectivity index (χ0n) is 16.3. The predicted octanol–water partition coefficient (Wildman–Crippen LogP) is 3.13. The minimum atomic E-state index is -0.899. The van der Waals surface area contributed by atoms with E-state index in [1.54, 1.807) is 18.2 Å². The molecule has 3 N–H and O–H groups in total. The first-order valence-electron chi connectivity index (χ1n) is 9.01. The molecule has 0 aliphatic rings. The van der Waals surface area contributed by atoms with E-state index < -0.39 is 23.7 Å². The Hall–Kier alpha value is -3.97. The van der Waals surface area contributed by atoms with Gasteiger partial charge in [0.1, 0.15) is 17.3 Å². The van der Waals surface area contributed by atoms with Gasteiger partial charge in [0.05, 0.1) is 17.1 Å². The Balaban J connectivity index is 1.65. The monoisotopic (exact) mass is 440 g/mol. The molecule has 0 radical (unpaired) electrons. The van der Waals surface area contributed by atoms with Crippen molar-refractivity contribution >= 4 is 23.2 Å². The molecule has 0 aliphatic heterocycles. The summed E-state index contributed by atoms with van der Waals surface area (Å²) >= 11 is 1.07. The van der Waals surface area contributed by atoms with Crippen molar-refractivity contribution in [1.82, 2.24) is 10.3 Å². The zero-order valence-corrected chi connectivity index (χ0v) is 17.1. The first-order chi connectivity index (χ1) is 14.9. The molecule has 8 nitrogen and oxygen atoms in total. The summed E-state index contributed by atoms with van der Waals surface area (Å²) in [6.07, 6.45) is -0.899. The maximum absolute atomic E-state index is 14.3. The number of primary amides is 1. The Morgan fingerprint density at radius 1 is 1.29 bits per heavy atom. The lowest BCUT2D eigenvalue weighted by atomic mass is 10.2. The number of amides is 2. The van der Waals surface area contributed by atoms with Crippen LogP contribution in [0.1, 0.15) is 27.7 Å². The second-order valence-corrected chi connectivity index (χ2v) is 7.18. The molecule has 0 aliphatic carbocycles. The van der Waals surface area contributed by atoms with E-state index in [9.17, 15) is 14.0 Å². The summed E-state index contributed by atoms with van der Waals surface area (Å²) in [7, 11) is 0. The lowest BCUT2D eigenvalue weighted by Gasteiger charge is -2.12. The topological polar surface area (TPSA) is 127 Å². The molecule has 2 aromatic carbocycles. The third-order valence-electron chi connectivity index (χ3n) is 4.10. The van der Waals surface area contributed by atoms with Gasteiger partial charge in [-0.2, -0.15) is 5.26 Å². The van der Waals surface area contributed by atoms with Gasteiger partial charge in [-0.3, -0.25) is 9.59 Å². The van der Waals surface area contributed by atoms with Gasteiger partial charge in [0.25, 0.3) is 11.8 Å². The van der Waals surface area contributed by atoms with E-state index in [4.69, 9.17) is 20.5 Å². The normalized spacial score (nSPS) is 11.3. The number of halogens is 1. The second-order valence-electron chi connectivity index (χ2n) is 6.33. The fraction of sp³-hybridized carbons (Fsp3) is 0.143. The van der Waals surface area contributed by atoms with Crippen LogP contribution in [-0.2, 0) is 11.3 Å². The minimum Gasteiger partial charge on any atom is -0.481 e. The van der Waals surface area contributed by atoms with Gasteiger partial charge in [0.15, 0.2) is 11.0 Å². The number of carbonyl (C=O) groups is 2. The lowest BCUT2D eigenvalue weighted by Crippen LogP contribution is -2.30. The number of hydrogen-bond acceptors (Lipinski definition) is 7. The number of rotatable bonds is 8. The highest BCUT2D eigenvalue weighted by atomic mass is 32.1. The van der Waals surface area contributed by atoms with E-state index in [0.717, 1.165) is 17.4 Å². The fourth-order valence-corrected chi connectivity index (χ4v) is 3.09. The van der Waals surface area contributed by atoms with E-state index in [0.29, 0.717) is 11.3 Å². The molecule has 10 heteroatoms. The minimum absolute atomic E-state index is 0.0854. The van der Waals surface area contributed by atoms with Gasteiger partial charge in [-0.25, -0.2) is 9.37 Å². The van der Waals surface area contributed by atoms with Crippen molar-refractivity contribution in [3.05, 3.63) is 69.8 Å². The number of nitriles is 1. The number of thiazole rings is 1. The summed E-state index contributed by atoms with van der Waals surface area (Å²) in [5.74, 6) is -1.16. The van der Waals surface area contributed by atoms with Crippen LogP contribution >= 0.6 is 11.3 Å². The average Bonchev–Trinajstić information content (AvgIpc) is 3.21. The van der Waals surface area contributed by atoms with Crippen LogP contribution in [0.3, 0.4) is 0 Å². The van der Waals surface area contributed by atoms with Gasteiger partial charge < -0.3 is 20.5 Å². The number of nitrogens with zero attached hydrogens (tertiary/aromatic N) is 2. The number of ether oxygens (including phenoxy) is 2. The fourth-order valence-electron chi connectivity index (χ4n) is 2.46. The number of nitrogens with one attached hydrogen (secondary N) is 1. The third-order valence-corrected chi connectivity index (χ3v) is 4.90.